The third-order valence-corrected chi connectivity index (χ3v) is 4.38. The van der Waals surface area contributed by atoms with Crippen LogP contribution in [0.15, 0.2) is 48.5 Å². The third-order valence-electron chi connectivity index (χ3n) is 4.38. The van der Waals surface area contributed by atoms with Gasteiger partial charge in [-0.1, -0.05) is 24.3 Å². The van der Waals surface area contributed by atoms with Crippen molar-refractivity contribution in [2.24, 2.45) is 0 Å². The molecule has 134 valence electrons. The highest BCUT2D eigenvalue weighted by Gasteiger charge is 2.32. The van der Waals surface area contributed by atoms with Crippen molar-refractivity contribution in [1.82, 2.24) is 4.90 Å². The van der Waals surface area contributed by atoms with Crippen molar-refractivity contribution >= 4 is 23.9 Å². The van der Waals surface area contributed by atoms with Crippen molar-refractivity contribution in [2.75, 3.05) is 18.6 Å². The van der Waals surface area contributed by atoms with E-state index < -0.39 is 0 Å². The summed E-state index contributed by atoms with van der Waals surface area (Å²) < 4.78 is 5.13. The molecule has 3 amide bonds. The highest BCUT2D eigenvalue weighted by molar-refractivity contribution is 6.05. The van der Waals surface area contributed by atoms with Crippen molar-refractivity contribution in [3.8, 4) is 5.75 Å². The van der Waals surface area contributed by atoms with Gasteiger partial charge in [0, 0.05) is 25.1 Å². The van der Waals surface area contributed by atoms with E-state index in [9.17, 15) is 14.4 Å². The lowest BCUT2D eigenvalue weighted by molar-refractivity contribution is -0.129. The van der Waals surface area contributed by atoms with Crippen molar-refractivity contribution in [3.63, 3.8) is 0 Å². The molecule has 1 saturated heterocycles. The summed E-state index contributed by atoms with van der Waals surface area (Å²) in [7, 11) is 1.59. The number of carbonyl (C=O) groups is 3. The van der Waals surface area contributed by atoms with Crippen LogP contribution in [0.2, 0.25) is 0 Å². The quantitative estimate of drug-likeness (QED) is 0.750. The number of benzene rings is 2. The average molecular weight is 352 g/mol. The Morgan fingerprint density at radius 1 is 1.00 bits per heavy atom. The number of nitrogens with zero attached hydrogens (tertiary/aromatic N) is 2. The average Bonchev–Trinajstić information content (AvgIpc) is 2.67. The summed E-state index contributed by atoms with van der Waals surface area (Å²) in [6, 6.07) is 14.2. The van der Waals surface area contributed by atoms with Crippen LogP contribution in [-0.4, -0.2) is 36.8 Å². The second-order valence-corrected chi connectivity index (χ2v) is 6.05. The van der Waals surface area contributed by atoms with Crippen LogP contribution in [0.25, 0.3) is 0 Å². The first kappa shape index (κ1) is 17.7. The van der Waals surface area contributed by atoms with E-state index in [0.29, 0.717) is 13.0 Å². The maximum Gasteiger partial charge on any atom is 0.331 e. The number of amides is 3. The van der Waals surface area contributed by atoms with E-state index in [2.05, 4.69) is 0 Å². The molecular weight excluding hydrogens is 332 g/mol. The molecule has 0 spiro atoms. The first-order valence-electron chi connectivity index (χ1n) is 8.39. The number of methoxy groups -OCH3 is 1. The van der Waals surface area contributed by atoms with Crippen LogP contribution in [0.5, 0.6) is 5.75 Å². The lowest BCUT2D eigenvalue weighted by Crippen LogP contribution is -2.52. The molecule has 0 bridgehead atoms. The van der Waals surface area contributed by atoms with Gasteiger partial charge >= 0.3 is 6.03 Å². The summed E-state index contributed by atoms with van der Waals surface area (Å²) in [6.07, 6.45) is 1.46. The van der Waals surface area contributed by atoms with Crippen LogP contribution >= 0.6 is 0 Å². The van der Waals surface area contributed by atoms with Gasteiger partial charge in [0.15, 0.2) is 0 Å². The molecule has 0 atom stereocenters. The van der Waals surface area contributed by atoms with Gasteiger partial charge in [-0.3, -0.25) is 14.6 Å². The maximum atomic E-state index is 12.8. The molecule has 1 aliphatic rings. The number of rotatable bonds is 6. The Kier molecular flexibility index (Phi) is 5.31. The molecule has 1 fully saturated rings. The van der Waals surface area contributed by atoms with Crippen molar-refractivity contribution in [3.05, 3.63) is 59.7 Å². The molecule has 6 nitrogen and oxygen atoms in total. The van der Waals surface area contributed by atoms with E-state index in [-0.39, 0.29) is 24.9 Å². The summed E-state index contributed by atoms with van der Waals surface area (Å²) in [4.78, 5) is 38.5. The van der Waals surface area contributed by atoms with Crippen LogP contribution in [-0.2, 0) is 22.6 Å². The number of ether oxygens (including phenoxy) is 1. The predicted molar refractivity (Wildman–Crippen MR) is 97.1 cm³/mol. The molecule has 1 heterocycles. The summed E-state index contributed by atoms with van der Waals surface area (Å²) in [6.45, 7) is 0.575. The third kappa shape index (κ3) is 3.74. The van der Waals surface area contributed by atoms with Gasteiger partial charge < -0.3 is 9.53 Å². The molecule has 0 saturated carbocycles. The fraction of sp³-hybridized carbons (Fsp3) is 0.250. The minimum Gasteiger partial charge on any atom is -0.497 e. The Labute approximate surface area is 152 Å². The van der Waals surface area contributed by atoms with Crippen LogP contribution in [0, 0.1) is 0 Å². The zero-order valence-corrected chi connectivity index (χ0v) is 14.6. The van der Waals surface area contributed by atoms with E-state index in [1.807, 2.05) is 24.3 Å². The van der Waals surface area contributed by atoms with Crippen LogP contribution in [0.3, 0.4) is 0 Å². The summed E-state index contributed by atoms with van der Waals surface area (Å²) in [5.74, 6) is 0.543. The minimum atomic E-state index is -0.333. The van der Waals surface area contributed by atoms with Crippen LogP contribution < -0.4 is 9.64 Å². The Morgan fingerprint density at radius 2 is 1.65 bits per heavy atom. The molecule has 2 aromatic carbocycles. The molecule has 0 aromatic heterocycles. The number of aldehydes is 1. The molecule has 0 unspecified atom stereocenters. The summed E-state index contributed by atoms with van der Waals surface area (Å²) in [5, 5.41) is 0. The lowest BCUT2D eigenvalue weighted by atomic mass is 10.1. The number of hydrogen-bond acceptors (Lipinski definition) is 4. The fourth-order valence-corrected chi connectivity index (χ4v) is 2.91. The molecule has 6 heteroatoms. The smallest absolute Gasteiger partial charge is 0.331 e. The number of hydrogen-bond donors (Lipinski definition) is 0. The van der Waals surface area contributed by atoms with E-state index >= 15 is 0 Å². The molecule has 26 heavy (non-hydrogen) atoms. The SMILES string of the molecule is COc1ccc(CN2C(=O)CCN(c3ccc(CC=O)cc3)C2=O)cc1. The first-order chi connectivity index (χ1) is 12.6. The van der Waals surface area contributed by atoms with Gasteiger partial charge in [-0.15, -0.1) is 0 Å². The second-order valence-electron chi connectivity index (χ2n) is 6.05. The van der Waals surface area contributed by atoms with Crippen LogP contribution in [0.4, 0.5) is 10.5 Å². The molecule has 0 N–H and O–H groups in total. The van der Waals surface area contributed by atoms with Gasteiger partial charge in [0.25, 0.3) is 0 Å². The van der Waals surface area contributed by atoms with Crippen molar-refractivity contribution in [2.45, 2.75) is 19.4 Å². The largest absolute Gasteiger partial charge is 0.497 e. The van der Waals surface area contributed by atoms with Gasteiger partial charge in [-0.2, -0.15) is 0 Å². The number of anilines is 1. The topological polar surface area (TPSA) is 66.9 Å². The molecule has 1 aliphatic heterocycles. The van der Waals surface area contributed by atoms with Gasteiger partial charge in [0.05, 0.1) is 13.7 Å². The van der Waals surface area contributed by atoms with E-state index in [1.54, 1.807) is 36.3 Å². The van der Waals surface area contributed by atoms with E-state index in [1.165, 1.54) is 4.90 Å². The van der Waals surface area contributed by atoms with Crippen molar-refractivity contribution in [1.29, 1.82) is 0 Å². The number of imide groups is 1. The summed E-state index contributed by atoms with van der Waals surface area (Å²) >= 11 is 0. The van der Waals surface area contributed by atoms with Gasteiger partial charge in [0.2, 0.25) is 5.91 Å². The normalized spacial score (nSPS) is 14.5. The van der Waals surface area contributed by atoms with E-state index in [4.69, 9.17) is 4.74 Å². The van der Waals surface area contributed by atoms with Crippen LogP contribution in [0.1, 0.15) is 17.5 Å². The Hall–Kier alpha value is -3.15. The second kappa shape index (κ2) is 7.82. The first-order valence-corrected chi connectivity index (χ1v) is 8.39. The highest BCUT2D eigenvalue weighted by atomic mass is 16.5. The molecule has 2 aromatic rings. The highest BCUT2D eigenvalue weighted by Crippen LogP contribution is 2.23. The van der Waals surface area contributed by atoms with Gasteiger partial charge in [0.1, 0.15) is 12.0 Å². The molecule has 3 rings (SSSR count). The van der Waals surface area contributed by atoms with Gasteiger partial charge in [-0.05, 0) is 35.4 Å². The predicted octanol–water partition coefficient (Wildman–Crippen LogP) is 2.80. The minimum absolute atomic E-state index is 0.181. The summed E-state index contributed by atoms with van der Waals surface area (Å²) in [5.41, 5.74) is 2.46. The van der Waals surface area contributed by atoms with E-state index in [0.717, 1.165) is 28.8 Å². The Balaban J connectivity index is 1.76. The standard InChI is InChI=1S/C20H20N2O4/c1-26-18-8-4-16(5-9-18)14-22-19(24)10-12-21(20(22)25)17-6-2-15(3-7-17)11-13-23/h2-9,13H,10-12,14H2,1H3. The monoisotopic (exact) mass is 352 g/mol. The van der Waals surface area contributed by atoms with Gasteiger partial charge in [-0.25, -0.2) is 4.79 Å². The number of urea groups is 1. The fourth-order valence-electron chi connectivity index (χ4n) is 2.91. The van der Waals surface area contributed by atoms with Crippen molar-refractivity contribution < 1.29 is 19.1 Å². The maximum absolute atomic E-state index is 12.8. The molecular formula is C20H20N2O4. The Morgan fingerprint density at radius 3 is 2.27 bits per heavy atom. The molecule has 0 radical (unpaired) electrons. The number of carbonyl (C=O) groups excluding carboxylic acids is 3. The Bertz CT molecular complexity index is 800. The lowest BCUT2D eigenvalue weighted by Gasteiger charge is -2.34. The zero-order valence-electron chi connectivity index (χ0n) is 14.6. The zero-order chi connectivity index (χ0) is 18.5. The molecule has 0 aliphatic carbocycles.